The Morgan fingerprint density at radius 1 is 1.15 bits per heavy atom. The third kappa shape index (κ3) is 5.34. The van der Waals surface area contributed by atoms with Crippen molar-refractivity contribution in [1.82, 2.24) is 5.32 Å². The first kappa shape index (κ1) is 21.5. The molecule has 0 aliphatic heterocycles. The number of rotatable bonds is 7. The molecule has 1 fully saturated rings. The summed E-state index contributed by atoms with van der Waals surface area (Å²) in [6.45, 7) is 6.62. The van der Waals surface area contributed by atoms with Crippen LogP contribution in [0.4, 0.5) is 4.79 Å². The monoisotopic (exact) mass is 391 g/mol. The van der Waals surface area contributed by atoms with E-state index < -0.39 is 20.2 Å². The minimum absolute atomic E-state index is 0.0528. The predicted octanol–water partition coefficient (Wildman–Crippen LogP) is 3.84. The second-order valence-corrected chi connectivity index (χ2v) is 12.6. The van der Waals surface area contributed by atoms with Crippen LogP contribution in [0, 0.1) is 5.92 Å². The average Bonchev–Trinajstić information content (AvgIpc) is 2.68. The van der Waals surface area contributed by atoms with Gasteiger partial charge < -0.3 is 14.8 Å². The summed E-state index contributed by atoms with van der Waals surface area (Å²) in [7, 11) is -0.713. The van der Waals surface area contributed by atoms with Crippen LogP contribution in [0.5, 0.6) is 0 Å². The van der Waals surface area contributed by atoms with Crippen molar-refractivity contribution in [3.63, 3.8) is 0 Å². The van der Waals surface area contributed by atoms with Gasteiger partial charge in [-0.1, -0.05) is 80.7 Å². The lowest BCUT2D eigenvalue weighted by Gasteiger charge is -2.43. The van der Waals surface area contributed by atoms with Crippen LogP contribution >= 0.6 is 0 Å². The number of carbonyl (C=O) groups excluding carboxylic acids is 2. The first-order valence-corrected chi connectivity index (χ1v) is 13.1. The normalized spacial score (nSPS) is 17.6. The summed E-state index contributed by atoms with van der Waals surface area (Å²) in [5.41, 5.74) is 0.0528. The van der Waals surface area contributed by atoms with Gasteiger partial charge in [-0.15, -0.1) is 0 Å². The zero-order valence-corrected chi connectivity index (χ0v) is 18.0. The lowest BCUT2D eigenvalue weighted by Crippen LogP contribution is -2.59. The zero-order valence-electron chi connectivity index (χ0n) is 17.0. The Morgan fingerprint density at radius 2 is 1.78 bits per heavy atom. The van der Waals surface area contributed by atoms with Gasteiger partial charge in [-0.3, -0.25) is 0 Å². The molecule has 1 N–H and O–H groups in total. The van der Waals surface area contributed by atoms with Crippen molar-refractivity contribution in [2.24, 2.45) is 5.92 Å². The van der Waals surface area contributed by atoms with Gasteiger partial charge in [0.15, 0.2) is 0 Å². The fraction of sp³-hybridized carbons (Fsp3) is 0.619. The van der Waals surface area contributed by atoms with Crippen LogP contribution in [-0.2, 0) is 14.3 Å². The first-order valence-electron chi connectivity index (χ1n) is 9.98. The Bertz CT molecular complexity index is 614. The number of carbonyl (C=O) groups is 2. The van der Waals surface area contributed by atoms with Crippen molar-refractivity contribution in [3.05, 3.63) is 30.3 Å². The number of amides is 1. The van der Waals surface area contributed by atoms with Gasteiger partial charge in [0, 0.05) is 0 Å². The van der Waals surface area contributed by atoms with Crippen molar-refractivity contribution in [1.29, 1.82) is 0 Å². The molecule has 1 aliphatic rings. The summed E-state index contributed by atoms with van der Waals surface area (Å²) < 4.78 is 10.2. The van der Waals surface area contributed by atoms with Crippen molar-refractivity contribution in [3.8, 4) is 0 Å². The Labute approximate surface area is 163 Å². The Balaban J connectivity index is 2.44. The summed E-state index contributed by atoms with van der Waals surface area (Å²) in [5.74, 6) is 0.0155. The molecule has 0 spiro atoms. The fourth-order valence-electron chi connectivity index (χ4n) is 4.55. The lowest BCUT2D eigenvalue weighted by molar-refractivity contribution is -0.143. The molecule has 0 radical (unpaired) electrons. The number of esters is 1. The quantitative estimate of drug-likeness (QED) is 0.566. The highest BCUT2D eigenvalue weighted by Crippen LogP contribution is 2.42. The maximum atomic E-state index is 12.7. The minimum Gasteiger partial charge on any atom is -0.467 e. The number of hydrogen-bond donors (Lipinski definition) is 1. The maximum Gasteiger partial charge on any atom is 0.407 e. The van der Waals surface area contributed by atoms with Gasteiger partial charge in [0.05, 0.1) is 21.8 Å². The largest absolute Gasteiger partial charge is 0.467 e. The molecule has 6 heteroatoms. The smallest absolute Gasteiger partial charge is 0.407 e. The van der Waals surface area contributed by atoms with Crippen LogP contribution < -0.4 is 10.5 Å². The van der Waals surface area contributed by atoms with Gasteiger partial charge >= 0.3 is 12.1 Å². The molecule has 0 heterocycles. The zero-order chi connectivity index (χ0) is 19.9. The number of alkyl carbamates (subject to hydrolysis) is 1. The van der Waals surface area contributed by atoms with Crippen molar-refractivity contribution < 1.29 is 19.1 Å². The van der Waals surface area contributed by atoms with Gasteiger partial charge in [0.1, 0.15) is 6.04 Å². The first-order chi connectivity index (χ1) is 12.9. The van der Waals surface area contributed by atoms with E-state index in [9.17, 15) is 9.59 Å². The lowest BCUT2D eigenvalue weighted by atomic mass is 9.84. The topological polar surface area (TPSA) is 64.6 Å². The van der Waals surface area contributed by atoms with Gasteiger partial charge in [0.2, 0.25) is 0 Å². The minimum atomic E-state index is -2.10. The van der Waals surface area contributed by atoms with Crippen LogP contribution in [0.2, 0.25) is 18.6 Å². The average molecular weight is 392 g/mol. The number of benzene rings is 1. The Kier molecular flexibility index (Phi) is 7.89. The third-order valence-corrected chi connectivity index (χ3v) is 10.2. The molecule has 2 rings (SSSR count). The highest BCUT2D eigenvalue weighted by Gasteiger charge is 2.47. The van der Waals surface area contributed by atoms with Crippen LogP contribution in [0.15, 0.2) is 30.3 Å². The fourth-order valence-corrected chi connectivity index (χ4v) is 8.55. The molecule has 5 nitrogen and oxygen atoms in total. The third-order valence-electron chi connectivity index (χ3n) is 5.87. The van der Waals surface area contributed by atoms with E-state index in [1.165, 1.54) is 31.6 Å². The van der Waals surface area contributed by atoms with E-state index in [0.717, 1.165) is 12.8 Å². The summed E-state index contributed by atoms with van der Waals surface area (Å²) in [6.07, 6.45) is 5.22. The van der Waals surface area contributed by atoms with E-state index in [0.29, 0.717) is 5.92 Å². The van der Waals surface area contributed by atoms with Crippen LogP contribution in [0.1, 0.15) is 39.0 Å². The molecule has 150 valence electrons. The Hall–Kier alpha value is -1.82. The van der Waals surface area contributed by atoms with Crippen molar-refractivity contribution in [2.75, 3.05) is 13.7 Å². The van der Waals surface area contributed by atoms with Gasteiger partial charge in [-0.05, 0) is 18.4 Å². The molecule has 27 heavy (non-hydrogen) atoms. The summed E-state index contributed by atoms with van der Waals surface area (Å²) >= 11 is 0. The van der Waals surface area contributed by atoms with E-state index in [4.69, 9.17) is 9.47 Å². The molecule has 1 aromatic rings. The molecule has 0 bridgehead atoms. The number of hydrogen-bond acceptors (Lipinski definition) is 4. The highest BCUT2D eigenvalue weighted by molar-refractivity contribution is 6.91. The van der Waals surface area contributed by atoms with Gasteiger partial charge in [-0.2, -0.15) is 0 Å². The van der Waals surface area contributed by atoms with Gasteiger partial charge in [0.25, 0.3) is 0 Å². The molecule has 1 amide bonds. The second kappa shape index (κ2) is 9.92. The molecular weight excluding hydrogens is 358 g/mol. The summed E-state index contributed by atoms with van der Waals surface area (Å²) in [4.78, 5) is 24.9. The maximum absolute atomic E-state index is 12.7. The number of nitrogens with one attached hydrogen (secondary N) is 1. The van der Waals surface area contributed by atoms with E-state index >= 15 is 0 Å². The SMILES string of the molecule is CCOC(=O)N[C@H](C(=O)OC)[C@H](C1CCCCC1)[Si](C)(C)c1ccccc1. The van der Waals surface area contributed by atoms with Crippen molar-refractivity contribution in [2.45, 2.75) is 63.7 Å². The van der Waals surface area contributed by atoms with E-state index in [1.807, 2.05) is 18.2 Å². The molecule has 1 aromatic carbocycles. The van der Waals surface area contributed by atoms with Crippen LogP contribution in [-0.4, -0.2) is 39.9 Å². The van der Waals surface area contributed by atoms with E-state index in [-0.39, 0.29) is 18.1 Å². The van der Waals surface area contributed by atoms with Crippen LogP contribution in [0.3, 0.4) is 0 Å². The summed E-state index contributed by atoms with van der Waals surface area (Å²) in [5, 5.41) is 4.13. The van der Waals surface area contributed by atoms with E-state index in [1.54, 1.807) is 6.92 Å². The predicted molar refractivity (Wildman–Crippen MR) is 110 cm³/mol. The molecule has 1 saturated carbocycles. The molecule has 1 aliphatic carbocycles. The highest BCUT2D eigenvalue weighted by atomic mass is 28.3. The molecule has 0 aromatic heterocycles. The molecular formula is C21H33NO4Si. The van der Waals surface area contributed by atoms with Gasteiger partial charge in [-0.25, -0.2) is 9.59 Å². The molecule has 0 unspecified atom stereocenters. The van der Waals surface area contributed by atoms with Crippen molar-refractivity contribution >= 4 is 25.3 Å². The summed E-state index contributed by atoms with van der Waals surface area (Å²) in [6, 6.07) is 9.74. The molecule has 0 saturated heterocycles. The van der Waals surface area contributed by atoms with Crippen LogP contribution in [0.25, 0.3) is 0 Å². The number of ether oxygens (including phenoxy) is 2. The second-order valence-electron chi connectivity index (χ2n) is 7.88. The van der Waals surface area contributed by atoms with E-state index in [2.05, 4.69) is 30.5 Å². The molecule has 2 atom stereocenters. The standard InChI is InChI=1S/C21H33NO4Si/c1-5-26-21(24)22-18(20(23)25-2)19(16-12-8-6-9-13-16)27(3,4)17-14-10-7-11-15-17/h7,10-11,14-16,18-19H,5-6,8-9,12-13H2,1-4H3,(H,22,24)/t18-,19-/m0/s1. The Morgan fingerprint density at radius 3 is 2.33 bits per heavy atom. The number of methoxy groups -OCH3 is 1.